The molecule has 2 aromatic rings. The van der Waals surface area contributed by atoms with E-state index in [1.165, 1.54) is 11.3 Å². The van der Waals surface area contributed by atoms with Crippen LogP contribution >= 0.6 is 11.3 Å². The van der Waals surface area contributed by atoms with Gasteiger partial charge in [-0.3, -0.25) is 0 Å². The van der Waals surface area contributed by atoms with E-state index in [9.17, 15) is 8.42 Å². The second kappa shape index (κ2) is 5.62. The molecule has 22 heavy (non-hydrogen) atoms. The van der Waals surface area contributed by atoms with Crippen LogP contribution in [0.2, 0.25) is 0 Å². The molecule has 0 bridgehead atoms. The number of rotatable bonds is 4. The van der Waals surface area contributed by atoms with E-state index in [1.54, 1.807) is 0 Å². The highest BCUT2D eigenvalue weighted by molar-refractivity contribution is 7.92. The lowest BCUT2D eigenvalue weighted by molar-refractivity contribution is 0.514. The second-order valence-corrected chi connectivity index (χ2v) is 9.28. The van der Waals surface area contributed by atoms with Crippen LogP contribution in [0.5, 0.6) is 0 Å². The fraction of sp³-hybridized carbons (Fsp3) is 0.467. The Hall–Kier alpha value is -1.47. The molecule has 0 spiro atoms. The van der Waals surface area contributed by atoms with Crippen LogP contribution < -0.4 is 4.90 Å². The van der Waals surface area contributed by atoms with E-state index in [2.05, 4.69) is 47.1 Å². The van der Waals surface area contributed by atoms with E-state index in [-0.39, 0.29) is 4.34 Å². The molecule has 0 N–H and O–H groups in total. The Morgan fingerprint density at radius 1 is 1.32 bits per heavy atom. The fourth-order valence-corrected chi connectivity index (χ4v) is 4.53. The minimum atomic E-state index is -3.27. The summed E-state index contributed by atoms with van der Waals surface area (Å²) in [5.41, 5.74) is 2.59. The molecule has 2 heterocycles. The molecule has 0 fully saturated rings. The van der Waals surface area contributed by atoms with E-state index in [4.69, 9.17) is 0 Å². The maximum Gasteiger partial charge on any atom is 0.232 e. The molecule has 0 radical (unpaired) electrons. The van der Waals surface area contributed by atoms with E-state index in [0.717, 1.165) is 29.1 Å². The van der Waals surface area contributed by atoms with Crippen LogP contribution in [0.4, 0.5) is 5.69 Å². The van der Waals surface area contributed by atoms with Gasteiger partial charge < -0.3 is 4.90 Å². The summed E-state index contributed by atoms with van der Waals surface area (Å²) in [4.78, 5) is 2.27. The van der Waals surface area contributed by atoms with Crippen LogP contribution in [0.3, 0.4) is 0 Å². The Morgan fingerprint density at radius 2 is 2.05 bits per heavy atom. The van der Waals surface area contributed by atoms with E-state index in [0.29, 0.717) is 18.4 Å². The molecular weight excluding hydrogens is 318 g/mol. The first kappa shape index (κ1) is 15.4. The molecule has 1 aromatic heterocycles. The highest BCUT2D eigenvalue weighted by Gasteiger charge is 2.31. The van der Waals surface area contributed by atoms with Gasteiger partial charge in [-0.15, -0.1) is 10.2 Å². The van der Waals surface area contributed by atoms with Crippen LogP contribution in [0.1, 0.15) is 30.3 Å². The third-order valence-corrected chi connectivity index (χ3v) is 6.57. The fourth-order valence-electron chi connectivity index (χ4n) is 2.86. The molecule has 1 aromatic carbocycles. The van der Waals surface area contributed by atoms with Crippen LogP contribution in [0, 0.1) is 5.92 Å². The standard InChI is InChI=1S/C15H19N3O2S2/c1-10(2)12-8-18(13-7-5-4-6-11(12)13)9-14-16-17-15(21-14)22(3,19)20/h4-7,10,12H,8-9H2,1-3H3/t12-/m1/s1. The Balaban J connectivity index is 1.86. The van der Waals surface area contributed by atoms with Crippen LogP contribution in [-0.2, 0) is 16.4 Å². The molecule has 0 saturated heterocycles. The van der Waals surface area contributed by atoms with Crippen molar-refractivity contribution in [2.45, 2.75) is 30.6 Å². The predicted molar refractivity (Wildman–Crippen MR) is 88.1 cm³/mol. The topological polar surface area (TPSA) is 63.2 Å². The summed E-state index contributed by atoms with van der Waals surface area (Å²) >= 11 is 1.16. The van der Waals surface area contributed by atoms with Crippen molar-refractivity contribution >= 4 is 26.9 Å². The van der Waals surface area contributed by atoms with Gasteiger partial charge in [-0.1, -0.05) is 43.4 Å². The van der Waals surface area contributed by atoms with Crippen LogP contribution in [0.15, 0.2) is 28.6 Å². The summed E-state index contributed by atoms with van der Waals surface area (Å²) in [7, 11) is -3.27. The quantitative estimate of drug-likeness (QED) is 0.858. The van der Waals surface area contributed by atoms with Gasteiger partial charge in [0.05, 0.1) is 6.54 Å². The van der Waals surface area contributed by atoms with Crippen molar-refractivity contribution in [2.75, 3.05) is 17.7 Å². The first-order valence-electron chi connectivity index (χ1n) is 7.22. The highest BCUT2D eigenvalue weighted by Crippen LogP contribution is 2.40. The largest absolute Gasteiger partial charge is 0.364 e. The van der Waals surface area contributed by atoms with Crippen molar-refractivity contribution in [3.05, 3.63) is 34.8 Å². The first-order chi connectivity index (χ1) is 10.4. The molecular formula is C15H19N3O2S2. The lowest BCUT2D eigenvalue weighted by Gasteiger charge is -2.19. The van der Waals surface area contributed by atoms with E-state index >= 15 is 0 Å². The van der Waals surface area contributed by atoms with Gasteiger partial charge in [-0.2, -0.15) is 0 Å². The van der Waals surface area contributed by atoms with Gasteiger partial charge in [0.1, 0.15) is 5.01 Å². The summed E-state index contributed by atoms with van der Waals surface area (Å²) in [6, 6.07) is 8.42. The van der Waals surface area contributed by atoms with Crippen molar-refractivity contribution < 1.29 is 8.42 Å². The number of fused-ring (bicyclic) bond motifs is 1. The van der Waals surface area contributed by atoms with Crippen molar-refractivity contribution in [3.63, 3.8) is 0 Å². The van der Waals surface area contributed by atoms with Crippen LogP contribution in [-0.4, -0.2) is 31.4 Å². The second-order valence-electron chi connectivity index (χ2n) is 6.02. The number of anilines is 1. The molecule has 7 heteroatoms. The van der Waals surface area contributed by atoms with Gasteiger partial charge in [0.15, 0.2) is 0 Å². The highest BCUT2D eigenvalue weighted by atomic mass is 32.2. The van der Waals surface area contributed by atoms with Gasteiger partial charge in [0, 0.05) is 24.4 Å². The van der Waals surface area contributed by atoms with Crippen molar-refractivity contribution in [3.8, 4) is 0 Å². The summed E-state index contributed by atoms with van der Waals surface area (Å²) < 4.78 is 23.1. The molecule has 0 aliphatic carbocycles. The van der Waals surface area contributed by atoms with E-state index < -0.39 is 9.84 Å². The first-order valence-corrected chi connectivity index (χ1v) is 9.93. The summed E-state index contributed by atoms with van der Waals surface area (Å²) in [5, 5.41) is 8.57. The average molecular weight is 337 g/mol. The van der Waals surface area contributed by atoms with Gasteiger partial charge in [0.2, 0.25) is 14.2 Å². The van der Waals surface area contributed by atoms with Gasteiger partial charge in [-0.05, 0) is 17.5 Å². The summed E-state index contributed by atoms with van der Waals surface area (Å²) in [6.07, 6.45) is 1.16. The summed E-state index contributed by atoms with van der Waals surface area (Å²) in [6.45, 7) is 6.01. The van der Waals surface area contributed by atoms with E-state index in [1.807, 2.05) is 6.07 Å². The van der Waals surface area contributed by atoms with Crippen molar-refractivity contribution in [1.29, 1.82) is 0 Å². The zero-order valence-electron chi connectivity index (χ0n) is 12.9. The summed E-state index contributed by atoms with van der Waals surface area (Å²) in [5.74, 6) is 1.06. The molecule has 1 aliphatic heterocycles. The zero-order valence-corrected chi connectivity index (χ0v) is 14.5. The Kier molecular flexibility index (Phi) is 3.94. The number of hydrogen-bond donors (Lipinski definition) is 0. The minimum Gasteiger partial charge on any atom is -0.364 e. The Morgan fingerprint density at radius 3 is 2.68 bits per heavy atom. The Bertz CT molecular complexity index is 784. The molecule has 0 unspecified atom stereocenters. The zero-order chi connectivity index (χ0) is 15.9. The number of sulfone groups is 1. The normalized spacial score (nSPS) is 18.0. The van der Waals surface area contributed by atoms with Gasteiger partial charge in [0.25, 0.3) is 0 Å². The molecule has 1 aliphatic rings. The molecule has 0 amide bonds. The Labute approximate surface area is 134 Å². The van der Waals surface area contributed by atoms with Gasteiger partial charge >= 0.3 is 0 Å². The number of hydrogen-bond acceptors (Lipinski definition) is 6. The number of nitrogens with zero attached hydrogens (tertiary/aromatic N) is 3. The molecule has 5 nitrogen and oxygen atoms in total. The maximum absolute atomic E-state index is 11.5. The smallest absolute Gasteiger partial charge is 0.232 e. The molecule has 0 saturated carbocycles. The SMILES string of the molecule is CC(C)[C@H]1CN(Cc2nnc(S(C)(=O)=O)s2)c2ccccc21. The lowest BCUT2D eigenvalue weighted by Crippen LogP contribution is -2.22. The van der Waals surface area contributed by atoms with Crippen molar-refractivity contribution in [2.24, 2.45) is 5.92 Å². The minimum absolute atomic E-state index is 0.0930. The predicted octanol–water partition coefficient (Wildman–Crippen LogP) is 2.70. The monoisotopic (exact) mass is 337 g/mol. The molecule has 1 atom stereocenters. The van der Waals surface area contributed by atoms with Crippen LogP contribution in [0.25, 0.3) is 0 Å². The van der Waals surface area contributed by atoms with Crippen molar-refractivity contribution in [1.82, 2.24) is 10.2 Å². The van der Waals surface area contributed by atoms with Gasteiger partial charge in [-0.25, -0.2) is 8.42 Å². The average Bonchev–Trinajstić information content (AvgIpc) is 3.04. The number of para-hydroxylation sites is 1. The number of benzene rings is 1. The molecule has 3 rings (SSSR count). The third kappa shape index (κ3) is 2.87. The number of aromatic nitrogens is 2. The maximum atomic E-state index is 11.5. The third-order valence-electron chi connectivity index (χ3n) is 3.99. The molecule has 118 valence electrons. The lowest BCUT2D eigenvalue weighted by atomic mass is 9.90.